The van der Waals surface area contributed by atoms with E-state index in [1.54, 1.807) is 0 Å². The highest BCUT2D eigenvalue weighted by atomic mass is 32.1. The number of aromatic nitrogens is 1. The van der Waals surface area contributed by atoms with E-state index in [4.69, 9.17) is 4.74 Å². The number of allylic oxidation sites excluding steroid dienone is 2. The van der Waals surface area contributed by atoms with Crippen molar-refractivity contribution < 1.29 is 14.6 Å². The quantitative estimate of drug-likeness (QED) is 0.368. The summed E-state index contributed by atoms with van der Waals surface area (Å²) in [7, 11) is 0. The molecule has 0 radical (unpaired) electrons. The van der Waals surface area contributed by atoms with Crippen LogP contribution in [-0.4, -0.2) is 47.8 Å². The molecule has 1 atom stereocenters. The number of nitrogens with zero attached hydrogens (tertiary/aromatic N) is 1. The Hall–Kier alpha value is -1.44. The monoisotopic (exact) mass is 369 g/mol. The third-order valence-corrected chi connectivity index (χ3v) is 4.26. The summed E-state index contributed by atoms with van der Waals surface area (Å²) in [5.74, 6) is -0.126. The van der Waals surface area contributed by atoms with Crippen LogP contribution in [0.15, 0.2) is 18.3 Å². The van der Waals surface area contributed by atoms with Gasteiger partial charge >= 0.3 is 0 Å². The fourth-order valence-corrected chi connectivity index (χ4v) is 2.68. The molecule has 0 saturated heterocycles. The molecule has 7 heteroatoms. The summed E-state index contributed by atoms with van der Waals surface area (Å²) in [6, 6.07) is 0.312. The molecule has 1 amide bonds. The van der Waals surface area contributed by atoms with E-state index in [2.05, 4.69) is 34.7 Å². The van der Waals surface area contributed by atoms with Crippen molar-refractivity contribution in [3.8, 4) is 5.19 Å². The SMILES string of the molecule is CC/C=C\CCCCNC(=O)c1cnc(OCC(O)CNC(C)C)s1. The summed E-state index contributed by atoms with van der Waals surface area (Å²) in [5.41, 5.74) is 0. The van der Waals surface area contributed by atoms with Crippen molar-refractivity contribution in [3.63, 3.8) is 0 Å². The summed E-state index contributed by atoms with van der Waals surface area (Å²) >= 11 is 1.19. The van der Waals surface area contributed by atoms with Crippen LogP contribution in [0.25, 0.3) is 0 Å². The number of aliphatic hydroxyl groups excluding tert-OH is 1. The lowest BCUT2D eigenvalue weighted by molar-refractivity contribution is 0.0957. The summed E-state index contributed by atoms with van der Waals surface area (Å²) in [4.78, 5) is 16.6. The number of aliphatic hydroxyl groups is 1. The Morgan fingerprint density at radius 1 is 1.40 bits per heavy atom. The van der Waals surface area contributed by atoms with Crippen molar-refractivity contribution in [3.05, 3.63) is 23.2 Å². The van der Waals surface area contributed by atoms with Gasteiger partial charge in [0.1, 0.15) is 17.6 Å². The van der Waals surface area contributed by atoms with Crippen LogP contribution in [0.4, 0.5) is 0 Å². The molecular weight excluding hydrogens is 338 g/mol. The zero-order valence-electron chi connectivity index (χ0n) is 15.5. The summed E-state index contributed by atoms with van der Waals surface area (Å²) in [6.07, 6.45) is 9.39. The number of rotatable bonds is 13. The predicted octanol–water partition coefficient (Wildman–Crippen LogP) is 2.75. The standard InChI is InChI=1S/C18H31N3O3S/c1-4-5-6-7-8-9-10-19-17(23)16-12-21-18(25-16)24-13-15(22)11-20-14(2)3/h5-6,12,14-15,20,22H,4,7-11,13H2,1-3H3,(H,19,23)/b6-5-. The maximum absolute atomic E-state index is 12.0. The minimum Gasteiger partial charge on any atom is -0.467 e. The van der Waals surface area contributed by atoms with Crippen LogP contribution in [0, 0.1) is 0 Å². The molecule has 6 nitrogen and oxygen atoms in total. The van der Waals surface area contributed by atoms with E-state index < -0.39 is 6.10 Å². The van der Waals surface area contributed by atoms with Crippen LogP contribution in [0.5, 0.6) is 5.19 Å². The fourth-order valence-electron chi connectivity index (χ4n) is 1.99. The molecule has 1 rings (SSSR count). The van der Waals surface area contributed by atoms with Gasteiger partial charge in [0.05, 0.1) is 6.20 Å². The lowest BCUT2D eigenvalue weighted by Gasteiger charge is -2.13. The molecule has 142 valence electrons. The minimum atomic E-state index is -0.606. The van der Waals surface area contributed by atoms with E-state index in [9.17, 15) is 9.90 Å². The molecule has 1 aromatic rings. The van der Waals surface area contributed by atoms with E-state index in [0.717, 1.165) is 25.7 Å². The van der Waals surface area contributed by atoms with Crippen LogP contribution in [0.1, 0.15) is 56.1 Å². The number of amides is 1. The van der Waals surface area contributed by atoms with E-state index in [0.29, 0.717) is 29.2 Å². The molecule has 0 aliphatic rings. The number of thiazole rings is 1. The Balaban J connectivity index is 2.22. The number of hydrogen-bond donors (Lipinski definition) is 3. The van der Waals surface area contributed by atoms with Gasteiger partial charge in [-0.3, -0.25) is 4.79 Å². The van der Waals surface area contributed by atoms with Crippen LogP contribution in [-0.2, 0) is 0 Å². The number of carbonyl (C=O) groups is 1. The van der Waals surface area contributed by atoms with Crippen molar-refractivity contribution in [2.24, 2.45) is 0 Å². The first-order valence-corrected chi connectivity index (χ1v) is 9.77. The first-order chi connectivity index (χ1) is 12.0. The predicted molar refractivity (Wildman–Crippen MR) is 102 cm³/mol. The molecule has 25 heavy (non-hydrogen) atoms. The van der Waals surface area contributed by atoms with Gasteiger partial charge in [-0.25, -0.2) is 4.98 Å². The number of ether oxygens (including phenoxy) is 1. The van der Waals surface area contributed by atoms with Crippen LogP contribution in [0.3, 0.4) is 0 Å². The molecule has 0 fully saturated rings. The second kappa shape index (κ2) is 12.9. The van der Waals surface area contributed by atoms with Gasteiger partial charge in [0.15, 0.2) is 0 Å². The second-order valence-corrected chi connectivity index (χ2v) is 7.14. The Labute approximate surface area is 154 Å². The smallest absolute Gasteiger partial charge is 0.273 e. The van der Waals surface area contributed by atoms with Gasteiger partial charge in [0, 0.05) is 19.1 Å². The average Bonchev–Trinajstić information content (AvgIpc) is 3.06. The first kappa shape index (κ1) is 21.6. The summed E-state index contributed by atoms with van der Waals surface area (Å²) in [5, 5.41) is 16.2. The highest BCUT2D eigenvalue weighted by molar-refractivity contribution is 7.15. The van der Waals surface area contributed by atoms with Gasteiger partial charge in [-0.15, -0.1) is 0 Å². The Morgan fingerprint density at radius 2 is 2.20 bits per heavy atom. The number of nitrogens with one attached hydrogen (secondary N) is 2. The lowest BCUT2D eigenvalue weighted by Crippen LogP contribution is -2.35. The minimum absolute atomic E-state index is 0.126. The highest BCUT2D eigenvalue weighted by Crippen LogP contribution is 2.20. The van der Waals surface area contributed by atoms with Crippen LogP contribution >= 0.6 is 11.3 Å². The largest absolute Gasteiger partial charge is 0.467 e. The van der Waals surface area contributed by atoms with Crippen molar-refractivity contribution in [2.45, 2.75) is 58.6 Å². The van der Waals surface area contributed by atoms with Gasteiger partial charge in [0.25, 0.3) is 11.1 Å². The van der Waals surface area contributed by atoms with Gasteiger partial charge in [-0.05, 0) is 25.7 Å². The molecular formula is C18H31N3O3S. The average molecular weight is 370 g/mol. The fraction of sp³-hybridized carbons (Fsp3) is 0.667. The first-order valence-electron chi connectivity index (χ1n) is 8.96. The molecule has 1 unspecified atom stereocenters. The lowest BCUT2D eigenvalue weighted by atomic mass is 10.2. The zero-order valence-corrected chi connectivity index (χ0v) is 16.3. The number of unbranched alkanes of at least 4 members (excludes halogenated alkanes) is 2. The molecule has 0 saturated carbocycles. The van der Waals surface area contributed by atoms with Crippen molar-refractivity contribution in [1.82, 2.24) is 15.6 Å². The van der Waals surface area contributed by atoms with E-state index in [1.165, 1.54) is 17.5 Å². The van der Waals surface area contributed by atoms with Gasteiger partial charge < -0.3 is 20.5 Å². The van der Waals surface area contributed by atoms with E-state index in [-0.39, 0.29) is 12.5 Å². The van der Waals surface area contributed by atoms with E-state index >= 15 is 0 Å². The maximum Gasteiger partial charge on any atom is 0.273 e. The Bertz CT molecular complexity index is 517. The molecule has 0 bridgehead atoms. The molecule has 3 N–H and O–H groups in total. The van der Waals surface area contributed by atoms with E-state index in [1.807, 2.05) is 13.8 Å². The summed E-state index contributed by atoms with van der Waals surface area (Å²) < 4.78 is 5.44. The van der Waals surface area contributed by atoms with Crippen LogP contribution in [0.2, 0.25) is 0 Å². The van der Waals surface area contributed by atoms with Crippen molar-refractivity contribution in [2.75, 3.05) is 19.7 Å². The molecule has 1 heterocycles. The zero-order chi connectivity index (χ0) is 18.5. The molecule has 0 aromatic carbocycles. The van der Waals surface area contributed by atoms with Crippen LogP contribution < -0.4 is 15.4 Å². The van der Waals surface area contributed by atoms with Gasteiger partial charge in [0.2, 0.25) is 0 Å². The van der Waals surface area contributed by atoms with Crippen molar-refractivity contribution in [1.29, 1.82) is 0 Å². The van der Waals surface area contributed by atoms with Gasteiger partial charge in [-0.2, -0.15) is 0 Å². The Kier molecular flexibility index (Phi) is 11.1. The topological polar surface area (TPSA) is 83.5 Å². The number of carbonyl (C=O) groups excluding carboxylic acids is 1. The Morgan fingerprint density at radius 3 is 2.92 bits per heavy atom. The highest BCUT2D eigenvalue weighted by Gasteiger charge is 2.12. The normalized spacial score (nSPS) is 12.7. The molecule has 0 aliphatic carbocycles. The van der Waals surface area contributed by atoms with Gasteiger partial charge in [-0.1, -0.05) is 44.3 Å². The summed E-state index contributed by atoms with van der Waals surface area (Å²) in [6.45, 7) is 7.42. The molecule has 0 aliphatic heterocycles. The second-order valence-electron chi connectivity index (χ2n) is 6.15. The number of hydrogen-bond acceptors (Lipinski definition) is 6. The molecule has 0 spiro atoms. The molecule has 1 aromatic heterocycles. The van der Waals surface area contributed by atoms with Crippen molar-refractivity contribution >= 4 is 17.2 Å². The third-order valence-electron chi connectivity index (χ3n) is 3.35. The maximum atomic E-state index is 12.0. The third kappa shape index (κ3) is 10.2.